The molecule has 8 aromatic carbocycles. The molecule has 0 fully saturated rings. The summed E-state index contributed by atoms with van der Waals surface area (Å²) >= 11 is 0. The molecule has 1 N–H and O–H groups in total. The number of rotatable bonds is 4. The van der Waals surface area contributed by atoms with Gasteiger partial charge >= 0.3 is 0 Å². The van der Waals surface area contributed by atoms with E-state index in [4.69, 9.17) is 9.98 Å². The molecule has 4 nitrogen and oxygen atoms in total. The molecule has 0 saturated carbocycles. The summed E-state index contributed by atoms with van der Waals surface area (Å²) in [5, 5.41) is 13.4. The van der Waals surface area contributed by atoms with Crippen LogP contribution in [0, 0.1) is 0 Å². The zero-order valence-electron chi connectivity index (χ0n) is 26.6. The molecule has 0 bridgehead atoms. The Morgan fingerprint density at radius 2 is 1.16 bits per heavy atom. The van der Waals surface area contributed by atoms with Gasteiger partial charge in [0, 0.05) is 33.2 Å². The van der Waals surface area contributed by atoms with Crippen LogP contribution in [0.2, 0.25) is 0 Å². The molecular weight excluding hydrogens is 597 g/mol. The van der Waals surface area contributed by atoms with E-state index in [0.29, 0.717) is 0 Å². The Kier molecular flexibility index (Phi) is 6.21. The van der Waals surface area contributed by atoms with E-state index in [-0.39, 0.29) is 6.17 Å². The molecule has 9 aromatic rings. The Morgan fingerprint density at radius 1 is 0.449 bits per heavy atom. The number of aromatic nitrogens is 1. The van der Waals surface area contributed by atoms with Crippen LogP contribution in [0.4, 0.5) is 0 Å². The van der Waals surface area contributed by atoms with Crippen molar-refractivity contribution >= 4 is 65.8 Å². The van der Waals surface area contributed by atoms with Gasteiger partial charge in [0.15, 0.2) is 5.84 Å². The molecule has 0 radical (unpaired) electrons. The highest BCUT2D eigenvalue weighted by atomic mass is 15.2. The number of aliphatic imine (C=N–C) groups is 2. The van der Waals surface area contributed by atoms with Crippen LogP contribution in [0.15, 0.2) is 180 Å². The summed E-state index contributed by atoms with van der Waals surface area (Å²) < 4.78 is 2.40. The Labute approximate surface area is 283 Å². The third-order valence-electron chi connectivity index (χ3n) is 9.79. The molecule has 4 heteroatoms. The summed E-state index contributed by atoms with van der Waals surface area (Å²) in [5.74, 6) is 1.53. The zero-order valence-corrected chi connectivity index (χ0v) is 26.6. The zero-order chi connectivity index (χ0) is 32.3. The molecule has 49 heavy (non-hydrogen) atoms. The molecule has 10 rings (SSSR count). The lowest BCUT2D eigenvalue weighted by molar-refractivity contribution is 0.679. The number of para-hydroxylation sites is 1. The van der Waals surface area contributed by atoms with Gasteiger partial charge < -0.3 is 9.88 Å². The first-order valence-corrected chi connectivity index (χ1v) is 16.7. The Bertz CT molecular complexity index is 2800. The van der Waals surface area contributed by atoms with Gasteiger partial charge in [-0.05, 0) is 68.7 Å². The van der Waals surface area contributed by atoms with Crippen molar-refractivity contribution in [3.63, 3.8) is 0 Å². The van der Waals surface area contributed by atoms with Gasteiger partial charge in [-0.15, -0.1) is 0 Å². The lowest BCUT2D eigenvalue weighted by atomic mass is 10.0. The van der Waals surface area contributed by atoms with Crippen molar-refractivity contribution in [2.75, 3.05) is 0 Å². The highest BCUT2D eigenvalue weighted by molar-refractivity contribution is 6.15. The molecule has 0 saturated heterocycles. The normalized spacial score (nSPS) is 14.7. The molecule has 1 aliphatic heterocycles. The van der Waals surface area contributed by atoms with Gasteiger partial charge in [-0.25, -0.2) is 9.98 Å². The minimum atomic E-state index is -0.289. The standard InChI is InChI=1S/C45H30N4/c1-2-12-31(13-3-1)43-46-44(48-45(47-43)39-19-10-16-30-11-6-7-17-37(30)39)34-22-21-29-23-24-36(26-35(29)25-34)49-41-20-9-8-18-38(41)40-27-32-14-4-5-15-33(32)28-42(40)49/h1-28,45H,(H,46,47,48). The summed E-state index contributed by atoms with van der Waals surface area (Å²) in [7, 11) is 0. The van der Waals surface area contributed by atoms with E-state index in [0.717, 1.165) is 39.4 Å². The van der Waals surface area contributed by atoms with Crippen LogP contribution in [0.5, 0.6) is 0 Å². The highest BCUT2D eigenvalue weighted by Gasteiger charge is 2.23. The van der Waals surface area contributed by atoms with E-state index in [9.17, 15) is 0 Å². The number of hydrogen-bond acceptors (Lipinski definition) is 3. The first kappa shape index (κ1) is 27.6. The average Bonchev–Trinajstić information content (AvgIpc) is 3.49. The number of nitrogens with zero attached hydrogens (tertiary/aromatic N) is 3. The minimum Gasteiger partial charge on any atom is -0.344 e. The molecule has 2 heterocycles. The van der Waals surface area contributed by atoms with E-state index in [1.54, 1.807) is 0 Å². The monoisotopic (exact) mass is 626 g/mol. The van der Waals surface area contributed by atoms with Crippen molar-refractivity contribution in [2.24, 2.45) is 9.98 Å². The van der Waals surface area contributed by atoms with E-state index in [1.807, 2.05) is 18.2 Å². The fourth-order valence-electron chi connectivity index (χ4n) is 7.42. The van der Waals surface area contributed by atoms with Crippen LogP contribution in [-0.4, -0.2) is 16.2 Å². The summed E-state index contributed by atoms with van der Waals surface area (Å²) in [6, 6.07) is 60.5. The second-order valence-corrected chi connectivity index (χ2v) is 12.7. The average molecular weight is 627 g/mol. The number of benzene rings is 8. The molecule has 0 amide bonds. The van der Waals surface area contributed by atoms with Gasteiger partial charge in [-0.3, -0.25) is 0 Å². The van der Waals surface area contributed by atoms with Crippen molar-refractivity contribution in [3.05, 3.63) is 187 Å². The SMILES string of the molecule is c1ccc(C2=NC(c3cccc4ccccc34)NC(c3ccc4ccc(-n5c6ccccc6c6cc7ccccc7cc65)cc4c3)=N2)cc1. The van der Waals surface area contributed by atoms with E-state index in [2.05, 4.69) is 162 Å². The highest BCUT2D eigenvalue weighted by Crippen LogP contribution is 2.36. The number of hydrogen-bond donors (Lipinski definition) is 1. The lowest BCUT2D eigenvalue weighted by Gasteiger charge is -2.25. The van der Waals surface area contributed by atoms with Gasteiger partial charge in [0.05, 0.1) is 11.0 Å². The van der Waals surface area contributed by atoms with Crippen molar-refractivity contribution < 1.29 is 0 Å². The van der Waals surface area contributed by atoms with Crippen molar-refractivity contribution in [2.45, 2.75) is 6.17 Å². The Balaban J connectivity index is 1.12. The molecule has 0 spiro atoms. The third-order valence-corrected chi connectivity index (χ3v) is 9.79. The Hall–Kier alpha value is -6.52. The largest absolute Gasteiger partial charge is 0.344 e. The van der Waals surface area contributed by atoms with Crippen LogP contribution in [0.25, 0.3) is 59.8 Å². The quantitative estimate of drug-likeness (QED) is 0.207. The summed E-state index contributed by atoms with van der Waals surface area (Å²) in [4.78, 5) is 10.3. The minimum absolute atomic E-state index is 0.289. The number of fused-ring (bicyclic) bond motifs is 6. The fourth-order valence-corrected chi connectivity index (χ4v) is 7.42. The lowest BCUT2D eigenvalue weighted by Crippen LogP contribution is -2.33. The fraction of sp³-hybridized carbons (Fsp3) is 0.0222. The van der Waals surface area contributed by atoms with E-state index in [1.165, 1.54) is 48.7 Å². The maximum absolute atomic E-state index is 5.15. The molecule has 230 valence electrons. The van der Waals surface area contributed by atoms with Crippen LogP contribution >= 0.6 is 0 Å². The first-order chi connectivity index (χ1) is 24.3. The predicted molar refractivity (Wildman–Crippen MR) is 205 cm³/mol. The van der Waals surface area contributed by atoms with Gasteiger partial charge in [-0.2, -0.15) is 0 Å². The predicted octanol–water partition coefficient (Wildman–Crippen LogP) is 10.7. The summed E-state index contributed by atoms with van der Waals surface area (Å²) in [6.45, 7) is 0. The first-order valence-electron chi connectivity index (χ1n) is 16.7. The number of nitrogens with one attached hydrogen (secondary N) is 1. The van der Waals surface area contributed by atoms with E-state index < -0.39 is 0 Å². The van der Waals surface area contributed by atoms with Gasteiger partial charge in [0.2, 0.25) is 0 Å². The maximum Gasteiger partial charge on any atom is 0.159 e. The molecule has 1 aromatic heterocycles. The van der Waals surface area contributed by atoms with Crippen LogP contribution < -0.4 is 5.32 Å². The molecular formula is C45H30N4. The van der Waals surface area contributed by atoms with Crippen molar-refractivity contribution in [1.29, 1.82) is 0 Å². The molecule has 0 aliphatic carbocycles. The second-order valence-electron chi connectivity index (χ2n) is 12.7. The van der Waals surface area contributed by atoms with E-state index >= 15 is 0 Å². The smallest absolute Gasteiger partial charge is 0.159 e. The summed E-state index contributed by atoms with van der Waals surface area (Å²) in [5.41, 5.74) is 6.67. The van der Waals surface area contributed by atoms with Crippen LogP contribution in [-0.2, 0) is 0 Å². The summed E-state index contributed by atoms with van der Waals surface area (Å²) in [6.07, 6.45) is -0.289. The van der Waals surface area contributed by atoms with Crippen LogP contribution in [0.3, 0.4) is 0 Å². The van der Waals surface area contributed by atoms with Crippen molar-refractivity contribution in [3.8, 4) is 5.69 Å². The topological polar surface area (TPSA) is 41.7 Å². The number of amidine groups is 2. The maximum atomic E-state index is 5.15. The van der Waals surface area contributed by atoms with Gasteiger partial charge in [-0.1, -0.05) is 133 Å². The Morgan fingerprint density at radius 3 is 2.04 bits per heavy atom. The van der Waals surface area contributed by atoms with Gasteiger partial charge in [0.25, 0.3) is 0 Å². The molecule has 1 aliphatic rings. The van der Waals surface area contributed by atoms with Gasteiger partial charge in [0.1, 0.15) is 12.0 Å². The van der Waals surface area contributed by atoms with Crippen molar-refractivity contribution in [1.82, 2.24) is 9.88 Å². The second kappa shape index (κ2) is 11.0. The van der Waals surface area contributed by atoms with Crippen LogP contribution in [0.1, 0.15) is 22.9 Å². The molecule has 1 atom stereocenters. The third kappa shape index (κ3) is 4.61. The molecule has 1 unspecified atom stereocenters.